The van der Waals surface area contributed by atoms with Crippen molar-refractivity contribution < 1.29 is 19.5 Å². The molecule has 1 fully saturated rings. The van der Waals surface area contributed by atoms with E-state index in [0.29, 0.717) is 32.1 Å². The molecular weight excluding hydrogens is 328 g/mol. The Balaban J connectivity index is 2.39. The van der Waals surface area contributed by atoms with E-state index in [-0.39, 0.29) is 39.5 Å². The van der Waals surface area contributed by atoms with Gasteiger partial charge in [0.2, 0.25) is 0 Å². The second kappa shape index (κ2) is 7.66. The lowest BCUT2D eigenvalue weighted by Crippen LogP contribution is -2.44. The largest absolute Gasteiger partial charge is 0.875 e. The molecule has 0 bridgehead atoms. The maximum Gasteiger partial charge on any atom is 0.158 e. The molecule has 0 saturated heterocycles. The van der Waals surface area contributed by atoms with Gasteiger partial charge in [-0.1, -0.05) is 53.9 Å². The molecule has 0 N–H and O–H groups in total. The summed E-state index contributed by atoms with van der Waals surface area (Å²) in [7, 11) is 0. The highest BCUT2D eigenvalue weighted by Crippen LogP contribution is 2.44. The average Bonchev–Trinajstić information content (AvgIpc) is 2.42. The molecule has 26 heavy (non-hydrogen) atoms. The van der Waals surface area contributed by atoms with Gasteiger partial charge in [-0.3, -0.25) is 14.4 Å². The highest BCUT2D eigenvalue weighted by Gasteiger charge is 2.46. The predicted molar refractivity (Wildman–Crippen MR) is 99.2 cm³/mol. The van der Waals surface area contributed by atoms with Crippen molar-refractivity contribution >= 4 is 17.3 Å². The van der Waals surface area contributed by atoms with E-state index in [9.17, 15) is 19.5 Å². The van der Waals surface area contributed by atoms with Gasteiger partial charge < -0.3 is 5.11 Å². The fourth-order valence-electron chi connectivity index (χ4n) is 4.64. The number of hydrogen-bond donors (Lipinski definition) is 0. The molecule has 0 aromatic heterocycles. The first-order chi connectivity index (χ1) is 12.0. The normalized spacial score (nSPS) is 24.9. The van der Waals surface area contributed by atoms with Gasteiger partial charge in [-0.05, 0) is 29.2 Å². The number of carbonyl (C=O) groups excluding carboxylic acids is 3. The molecule has 0 aliphatic heterocycles. The molecule has 0 spiro atoms. The minimum atomic E-state index is -0.802. The Morgan fingerprint density at radius 1 is 0.923 bits per heavy atom. The van der Waals surface area contributed by atoms with E-state index in [4.69, 9.17) is 0 Å². The molecule has 1 unspecified atom stereocenters. The van der Waals surface area contributed by atoms with Gasteiger partial charge in [0.1, 0.15) is 11.6 Å². The lowest BCUT2D eigenvalue weighted by atomic mass is 9.63. The Hall–Kier alpha value is -1.45. The Bertz CT molecular complexity index is 604. The molecule has 1 atom stereocenters. The van der Waals surface area contributed by atoms with Gasteiger partial charge in [-0.2, -0.15) is 0 Å². The number of carbonyl (C=O) groups is 3. The first kappa shape index (κ1) is 20.9. The van der Waals surface area contributed by atoms with Crippen LogP contribution in [0.25, 0.3) is 0 Å². The third-order valence-corrected chi connectivity index (χ3v) is 5.77. The van der Waals surface area contributed by atoms with E-state index in [1.165, 1.54) is 0 Å². The molecule has 1 saturated carbocycles. The van der Waals surface area contributed by atoms with Crippen LogP contribution in [-0.2, 0) is 14.4 Å². The first-order valence-corrected chi connectivity index (χ1v) is 9.96. The van der Waals surface area contributed by atoms with Gasteiger partial charge in [-0.25, -0.2) is 0 Å². The van der Waals surface area contributed by atoms with Crippen LogP contribution in [0.2, 0.25) is 0 Å². The zero-order valence-corrected chi connectivity index (χ0v) is 16.9. The van der Waals surface area contributed by atoms with Crippen molar-refractivity contribution in [2.24, 2.45) is 22.7 Å². The third-order valence-electron chi connectivity index (χ3n) is 5.77. The minimum Gasteiger partial charge on any atom is -0.875 e. The van der Waals surface area contributed by atoms with Crippen molar-refractivity contribution in [1.29, 1.82) is 0 Å². The Kier molecular flexibility index (Phi) is 6.14. The summed E-state index contributed by atoms with van der Waals surface area (Å²) in [5, 5.41) is 12.8. The molecular formula is C22H33O4-. The predicted octanol–water partition coefficient (Wildman–Crippen LogP) is 3.76. The van der Waals surface area contributed by atoms with E-state index < -0.39 is 11.8 Å². The lowest BCUT2D eigenvalue weighted by molar-refractivity contribution is -0.313. The highest BCUT2D eigenvalue weighted by molar-refractivity contribution is 6.08. The van der Waals surface area contributed by atoms with Crippen molar-refractivity contribution in [2.45, 2.75) is 86.0 Å². The first-order valence-electron chi connectivity index (χ1n) is 9.96. The molecule has 2 rings (SSSR count). The summed E-state index contributed by atoms with van der Waals surface area (Å²) >= 11 is 0. The fourth-order valence-corrected chi connectivity index (χ4v) is 4.64. The number of unbranched alkanes of at least 4 members (excludes halogenated alkanes) is 2. The van der Waals surface area contributed by atoms with Crippen LogP contribution in [0.5, 0.6) is 0 Å². The van der Waals surface area contributed by atoms with Crippen LogP contribution in [0.1, 0.15) is 86.0 Å². The van der Waals surface area contributed by atoms with Crippen LogP contribution >= 0.6 is 0 Å². The third kappa shape index (κ3) is 4.63. The van der Waals surface area contributed by atoms with Crippen molar-refractivity contribution in [3.8, 4) is 0 Å². The molecule has 0 aromatic rings. The molecule has 0 amide bonds. The minimum absolute atomic E-state index is 0.0920. The number of Topliss-reactive ketones (excluding diaryl/α,β-unsaturated/α-hetero) is 3. The van der Waals surface area contributed by atoms with Crippen LogP contribution in [0.15, 0.2) is 11.3 Å². The van der Waals surface area contributed by atoms with E-state index in [0.717, 1.165) is 19.3 Å². The smallest absolute Gasteiger partial charge is 0.158 e. The van der Waals surface area contributed by atoms with E-state index in [1.54, 1.807) is 0 Å². The maximum atomic E-state index is 12.8. The van der Waals surface area contributed by atoms with Crippen LogP contribution in [0.4, 0.5) is 0 Å². The van der Waals surface area contributed by atoms with Gasteiger partial charge in [0.15, 0.2) is 5.78 Å². The second-order valence-electron chi connectivity index (χ2n) is 9.81. The Labute approximate surface area is 157 Å². The zero-order chi connectivity index (χ0) is 19.7. The van der Waals surface area contributed by atoms with Crippen molar-refractivity contribution in [2.75, 3.05) is 0 Å². The second-order valence-corrected chi connectivity index (χ2v) is 9.81. The van der Waals surface area contributed by atoms with Gasteiger partial charge in [0.25, 0.3) is 0 Å². The molecule has 4 heteroatoms. The molecule has 4 nitrogen and oxygen atoms in total. The van der Waals surface area contributed by atoms with Crippen LogP contribution in [0.3, 0.4) is 0 Å². The van der Waals surface area contributed by atoms with E-state index in [2.05, 4.69) is 6.92 Å². The topological polar surface area (TPSA) is 74.3 Å². The summed E-state index contributed by atoms with van der Waals surface area (Å²) in [5.74, 6) is -1.81. The van der Waals surface area contributed by atoms with Crippen molar-refractivity contribution in [1.82, 2.24) is 0 Å². The fraction of sp³-hybridized carbons (Fsp3) is 0.773. The highest BCUT2D eigenvalue weighted by atomic mass is 16.3. The van der Waals surface area contributed by atoms with Gasteiger partial charge in [0.05, 0.1) is 5.92 Å². The number of allylic oxidation sites excluding steroid dienone is 2. The summed E-state index contributed by atoms with van der Waals surface area (Å²) in [6.07, 6.45) is 4.70. The van der Waals surface area contributed by atoms with Gasteiger partial charge >= 0.3 is 0 Å². The molecule has 146 valence electrons. The maximum absolute atomic E-state index is 12.8. The van der Waals surface area contributed by atoms with Gasteiger partial charge in [-0.15, -0.1) is 5.76 Å². The summed E-state index contributed by atoms with van der Waals surface area (Å²) in [5.41, 5.74) is -0.410. The van der Waals surface area contributed by atoms with Crippen molar-refractivity contribution in [3.05, 3.63) is 11.3 Å². The van der Waals surface area contributed by atoms with Crippen LogP contribution in [0, 0.1) is 22.7 Å². The summed E-state index contributed by atoms with van der Waals surface area (Å²) in [6, 6.07) is 0. The molecule has 2 aliphatic rings. The SMILES string of the molecule is CCCCCC(C1=C([O-])CC(C)(C)CC1=O)C1C(=O)CC(C)(C)CC1=O. The summed E-state index contributed by atoms with van der Waals surface area (Å²) in [6.45, 7) is 9.78. The number of rotatable bonds is 6. The molecule has 0 radical (unpaired) electrons. The molecule has 0 aromatic carbocycles. The quantitative estimate of drug-likeness (QED) is 0.533. The average molecular weight is 362 g/mol. The molecule has 0 heterocycles. The Morgan fingerprint density at radius 3 is 1.96 bits per heavy atom. The van der Waals surface area contributed by atoms with Crippen LogP contribution < -0.4 is 5.11 Å². The number of hydrogen-bond acceptors (Lipinski definition) is 4. The van der Waals surface area contributed by atoms with Gasteiger partial charge in [0, 0.05) is 25.2 Å². The van der Waals surface area contributed by atoms with E-state index >= 15 is 0 Å². The van der Waals surface area contributed by atoms with E-state index in [1.807, 2.05) is 27.7 Å². The van der Waals surface area contributed by atoms with Crippen molar-refractivity contribution in [3.63, 3.8) is 0 Å². The zero-order valence-electron chi connectivity index (χ0n) is 16.9. The summed E-state index contributed by atoms with van der Waals surface area (Å²) in [4.78, 5) is 38.4. The summed E-state index contributed by atoms with van der Waals surface area (Å²) < 4.78 is 0. The molecule has 2 aliphatic carbocycles. The Morgan fingerprint density at radius 2 is 1.46 bits per heavy atom. The lowest BCUT2D eigenvalue weighted by Gasteiger charge is -2.41. The standard InChI is InChI=1S/C22H34O4/c1-6-7-8-9-14(19-15(23)10-21(2,3)11-16(19)24)20-17(25)12-22(4,5)13-18(20)26/h14,19,25H,6-13H2,1-5H3/p-1. The van der Waals surface area contributed by atoms with Crippen LogP contribution in [-0.4, -0.2) is 17.3 Å². The monoisotopic (exact) mass is 361 g/mol. The number of ketones is 3.